The van der Waals surface area contributed by atoms with Crippen LogP contribution in [0.1, 0.15) is 86.5 Å². The Hall–Kier alpha value is -2.09. The molecule has 0 bridgehead atoms. The highest BCUT2D eigenvalue weighted by Crippen LogP contribution is 2.32. The predicted molar refractivity (Wildman–Crippen MR) is 147 cm³/mol. The van der Waals surface area contributed by atoms with E-state index in [2.05, 4.69) is 46.0 Å². The number of unbranched alkanes of at least 4 members (excludes halogenated alkanes) is 1. The van der Waals surface area contributed by atoms with Gasteiger partial charge in [-0.05, 0) is 42.9 Å². The monoisotopic (exact) mass is 517 g/mol. The maximum Gasteiger partial charge on any atom is 0.334 e. The summed E-state index contributed by atoms with van der Waals surface area (Å²) in [4.78, 5) is 44.4. The predicted octanol–water partition coefficient (Wildman–Crippen LogP) is 4.48. The minimum absolute atomic E-state index is 0.0154. The molecule has 8 heteroatoms. The fourth-order valence-electron chi connectivity index (χ4n) is 6.09. The minimum atomic E-state index is -0.535. The van der Waals surface area contributed by atoms with Gasteiger partial charge in [0.2, 0.25) is 11.8 Å². The molecule has 0 aromatic carbocycles. The second-order valence-electron chi connectivity index (χ2n) is 11.8. The molecule has 4 amide bonds. The van der Waals surface area contributed by atoms with E-state index in [1.165, 1.54) is 5.57 Å². The average Bonchev–Trinajstić information content (AvgIpc) is 2.87. The van der Waals surface area contributed by atoms with Crippen molar-refractivity contribution >= 4 is 17.8 Å². The summed E-state index contributed by atoms with van der Waals surface area (Å²) in [6, 6.07) is -0.736. The van der Waals surface area contributed by atoms with Crippen molar-refractivity contribution in [3.05, 3.63) is 11.6 Å². The van der Waals surface area contributed by atoms with Crippen LogP contribution in [0.15, 0.2) is 11.6 Å². The average molecular weight is 518 g/mol. The molecule has 37 heavy (non-hydrogen) atoms. The van der Waals surface area contributed by atoms with Crippen molar-refractivity contribution in [1.82, 2.24) is 25.1 Å². The first-order valence-electron chi connectivity index (χ1n) is 14.7. The van der Waals surface area contributed by atoms with Crippen LogP contribution < -0.4 is 5.32 Å². The van der Waals surface area contributed by atoms with Crippen LogP contribution in [0.2, 0.25) is 0 Å². The van der Waals surface area contributed by atoms with E-state index in [0.29, 0.717) is 37.4 Å². The third kappa shape index (κ3) is 6.68. The zero-order chi connectivity index (χ0) is 27.3. The number of amides is 4. The van der Waals surface area contributed by atoms with Gasteiger partial charge in [0.15, 0.2) is 0 Å². The Kier molecular flexibility index (Phi) is 10.4. The van der Waals surface area contributed by atoms with E-state index in [-0.39, 0.29) is 30.3 Å². The number of piperazine rings is 1. The summed E-state index contributed by atoms with van der Waals surface area (Å²) >= 11 is 0. The van der Waals surface area contributed by atoms with Gasteiger partial charge in [-0.1, -0.05) is 78.9 Å². The first-order chi connectivity index (χ1) is 17.6. The fourth-order valence-corrected chi connectivity index (χ4v) is 6.09. The number of likely N-dealkylation sites (N-methyl/N-ethyl adjacent to an activating group) is 1. The topological polar surface area (TPSA) is 76.2 Å². The van der Waals surface area contributed by atoms with Gasteiger partial charge in [-0.15, -0.1) is 0 Å². The van der Waals surface area contributed by atoms with Gasteiger partial charge in [-0.2, -0.15) is 0 Å². The smallest absolute Gasteiger partial charge is 0.334 e. The summed E-state index contributed by atoms with van der Waals surface area (Å²) in [7, 11) is 1.80. The number of hydrazine groups is 1. The molecule has 0 radical (unpaired) electrons. The summed E-state index contributed by atoms with van der Waals surface area (Å²) in [5.41, 5.74) is 1.27. The van der Waals surface area contributed by atoms with Crippen LogP contribution in [-0.4, -0.2) is 83.1 Å². The van der Waals surface area contributed by atoms with Crippen LogP contribution >= 0.6 is 0 Å². The normalized spacial score (nSPS) is 28.6. The van der Waals surface area contributed by atoms with Crippen molar-refractivity contribution in [3.63, 3.8) is 0 Å². The Bertz CT molecular complexity index is 845. The van der Waals surface area contributed by atoms with Crippen molar-refractivity contribution in [2.24, 2.45) is 23.7 Å². The molecule has 3 aliphatic rings. The fraction of sp³-hybridized carbons (Fsp3) is 0.828. The number of hydrogen-bond acceptors (Lipinski definition) is 4. The van der Waals surface area contributed by atoms with Gasteiger partial charge in [0.1, 0.15) is 12.2 Å². The minimum Gasteiger partial charge on any atom is -0.337 e. The van der Waals surface area contributed by atoms with Crippen LogP contribution in [0, 0.1) is 23.7 Å². The van der Waals surface area contributed by atoms with Gasteiger partial charge < -0.3 is 15.1 Å². The van der Waals surface area contributed by atoms with Gasteiger partial charge in [0, 0.05) is 20.1 Å². The molecule has 6 atom stereocenters. The number of hydrogen-bond donors (Lipinski definition) is 1. The van der Waals surface area contributed by atoms with E-state index in [1.54, 1.807) is 22.0 Å². The first kappa shape index (κ1) is 29.5. The lowest BCUT2D eigenvalue weighted by molar-refractivity contribution is -0.190. The second kappa shape index (κ2) is 13.1. The highest BCUT2D eigenvalue weighted by atomic mass is 16.2. The Morgan fingerprint density at radius 1 is 1.14 bits per heavy atom. The third-order valence-electron chi connectivity index (χ3n) is 9.08. The molecule has 0 saturated carbocycles. The van der Waals surface area contributed by atoms with Crippen molar-refractivity contribution in [1.29, 1.82) is 0 Å². The zero-order valence-corrected chi connectivity index (χ0v) is 24.3. The highest BCUT2D eigenvalue weighted by molar-refractivity contribution is 5.91. The number of carbonyl (C=O) groups excluding carboxylic acids is 3. The molecule has 2 saturated heterocycles. The van der Waals surface area contributed by atoms with E-state index in [9.17, 15) is 14.4 Å². The van der Waals surface area contributed by atoms with Gasteiger partial charge in [0.25, 0.3) is 0 Å². The molecule has 0 spiro atoms. The van der Waals surface area contributed by atoms with E-state index in [4.69, 9.17) is 0 Å². The molecule has 4 unspecified atom stereocenters. The van der Waals surface area contributed by atoms with Crippen molar-refractivity contribution in [2.75, 3.05) is 33.2 Å². The van der Waals surface area contributed by atoms with Crippen molar-refractivity contribution < 1.29 is 14.4 Å². The Morgan fingerprint density at radius 2 is 1.86 bits per heavy atom. The summed E-state index contributed by atoms with van der Waals surface area (Å²) < 4.78 is 0. The second-order valence-corrected chi connectivity index (χ2v) is 11.8. The summed E-state index contributed by atoms with van der Waals surface area (Å²) in [6.07, 6.45) is 9.00. The van der Waals surface area contributed by atoms with Gasteiger partial charge in [0.05, 0.1) is 13.1 Å². The third-order valence-corrected chi connectivity index (χ3v) is 9.08. The number of urea groups is 1. The van der Waals surface area contributed by atoms with Crippen LogP contribution in [0.3, 0.4) is 0 Å². The van der Waals surface area contributed by atoms with E-state index in [1.807, 2.05) is 11.8 Å². The lowest BCUT2D eigenvalue weighted by Gasteiger charge is -2.55. The first-order valence-corrected chi connectivity index (χ1v) is 14.7. The Balaban J connectivity index is 1.83. The zero-order valence-electron chi connectivity index (χ0n) is 24.3. The molecule has 8 nitrogen and oxygen atoms in total. The number of allylic oxidation sites excluding steroid dienone is 1. The van der Waals surface area contributed by atoms with Gasteiger partial charge >= 0.3 is 6.03 Å². The molecule has 0 aromatic rings. The number of nitrogens with zero attached hydrogens (tertiary/aromatic N) is 4. The SMILES string of the molecule is CCCCC(CC)CN1C[C@H]2N(C(=O)CN(C)N2C(=O)NCC2=CCC(C)C(C)C2)[C@@H](C(C)CC)C1=O. The summed E-state index contributed by atoms with van der Waals surface area (Å²) in [6.45, 7) is 14.7. The standard InChI is InChI=1S/C29H51N5O3/c1-8-11-12-23(10-3)17-32-18-25-33(27(28(32)36)20(4)9-2)26(35)19-31(7)34(25)29(37)30-16-24-14-13-21(5)22(6)15-24/h14,20-23,25,27H,8-13,15-19H2,1-7H3,(H,30,37)/t20?,21?,22?,23?,25-,27-/m0/s1. The number of rotatable bonds is 10. The lowest BCUT2D eigenvalue weighted by Crippen LogP contribution is -2.77. The molecule has 2 fully saturated rings. The van der Waals surface area contributed by atoms with Crippen LogP contribution in [0.4, 0.5) is 4.79 Å². The quantitative estimate of drug-likeness (QED) is 0.434. The van der Waals surface area contributed by atoms with Crippen molar-refractivity contribution in [3.8, 4) is 0 Å². The lowest BCUT2D eigenvalue weighted by atomic mass is 9.82. The molecule has 1 aliphatic carbocycles. The molecule has 210 valence electrons. The molecule has 2 heterocycles. The molecule has 3 rings (SSSR count). The van der Waals surface area contributed by atoms with E-state index < -0.39 is 12.2 Å². The molecular weight excluding hydrogens is 466 g/mol. The maximum atomic E-state index is 13.8. The van der Waals surface area contributed by atoms with Gasteiger partial charge in [-0.25, -0.2) is 14.8 Å². The van der Waals surface area contributed by atoms with E-state index >= 15 is 0 Å². The maximum absolute atomic E-state index is 13.8. The largest absolute Gasteiger partial charge is 0.337 e. The number of fused-ring (bicyclic) bond motifs is 1. The Labute approximate surface area is 224 Å². The summed E-state index contributed by atoms with van der Waals surface area (Å²) in [5, 5.41) is 6.56. The molecule has 1 N–H and O–H groups in total. The van der Waals surface area contributed by atoms with Crippen LogP contribution in [0.25, 0.3) is 0 Å². The van der Waals surface area contributed by atoms with Crippen LogP contribution in [-0.2, 0) is 9.59 Å². The number of nitrogens with one attached hydrogen (secondary N) is 1. The molecule has 0 aromatic heterocycles. The summed E-state index contributed by atoms with van der Waals surface area (Å²) in [5.74, 6) is 1.67. The highest BCUT2D eigenvalue weighted by Gasteiger charge is 2.52. The number of carbonyl (C=O) groups is 3. The van der Waals surface area contributed by atoms with E-state index in [0.717, 1.165) is 44.9 Å². The molecular formula is C29H51N5O3. The van der Waals surface area contributed by atoms with Crippen molar-refractivity contribution in [2.45, 2.75) is 98.7 Å². The van der Waals surface area contributed by atoms with Gasteiger partial charge in [-0.3, -0.25) is 9.59 Å². The Morgan fingerprint density at radius 3 is 2.49 bits per heavy atom. The van der Waals surface area contributed by atoms with Crippen LogP contribution in [0.5, 0.6) is 0 Å². The molecule has 2 aliphatic heterocycles.